The van der Waals surface area contributed by atoms with Gasteiger partial charge in [0.1, 0.15) is 5.60 Å². The maximum Gasteiger partial charge on any atom is 0.410 e. The van der Waals surface area contributed by atoms with Crippen molar-refractivity contribution in [1.29, 1.82) is 0 Å². The van der Waals surface area contributed by atoms with E-state index in [2.05, 4.69) is 33.4 Å². The van der Waals surface area contributed by atoms with E-state index in [4.69, 9.17) is 16.3 Å². The van der Waals surface area contributed by atoms with E-state index in [1.807, 2.05) is 45.4 Å². The first kappa shape index (κ1) is 22.3. The van der Waals surface area contributed by atoms with Crippen LogP contribution in [0.2, 0.25) is 5.02 Å². The predicted molar refractivity (Wildman–Crippen MR) is 117 cm³/mol. The fourth-order valence-electron chi connectivity index (χ4n) is 3.64. The van der Waals surface area contributed by atoms with Crippen LogP contribution in [0, 0.1) is 6.92 Å². The number of anilines is 1. The standard InChI is InChI=1S/C21H31ClN6O2/c1-7-19-23-24-25-28(19)15(3)16-12-14(2)17(22)13-18(16)26-8-10-27(11-9-26)20(29)30-21(4,5)6/h12-13,15H,7-11H2,1-6H3. The number of aromatic nitrogens is 4. The van der Waals surface area contributed by atoms with Gasteiger partial charge in [0.25, 0.3) is 0 Å². The second kappa shape index (κ2) is 8.79. The molecule has 8 nitrogen and oxygen atoms in total. The number of ether oxygens (including phenoxy) is 1. The lowest BCUT2D eigenvalue weighted by molar-refractivity contribution is 0.0240. The first-order valence-corrected chi connectivity index (χ1v) is 10.8. The van der Waals surface area contributed by atoms with Gasteiger partial charge < -0.3 is 14.5 Å². The van der Waals surface area contributed by atoms with Crippen LogP contribution >= 0.6 is 11.6 Å². The molecular formula is C21H31ClN6O2. The number of benzene rings is 1. The zero-order valence-corrected chi connectivity index (χ0v) is 19.4. The normalized spacial score (nSPS) is 16.0. The molecule has 164 valence electrons. The first-order valence-electron chi connectivity index (χ1n) is 10.4. The van der Waals surface area contributed by atoms with Crippen LogP contribution in [0.3, 0.4) is 0 Å². The van der Waals surface area contributed by atoms with Gasteiger partial charge in [-0.2, -0.15) is 0 Å². The zero-order chi connectivity index (χ0) is 22.1. The summed E-state index contributed by atoms with van der Waals surface area (Å²) < 4.78 is 7.38. The second-order valence-electron chi connectivity index (χ2n) is 8.68. The molecule has 1 unspecified atom stereocenters. The number of hydrogen-bond donors (Lipinski definition) is 0. The van der Waals surface area contributed by atoms with Crippen molar-refractivity contribution in [2.45, 2.75) is 59.6 Å². The van der Waals surface area contributed by atoms with Gasteiger partial charge in [0.2, 0.25) is 0 Å². The molecule has 2 aromatic rings. The number of nitrogens with zero attached hydrogens (tertiary/aromatic N) is 6. The largest absolute Gasteiger partial charge is 0.444 e. The van der Waals surface area contributed by atoms with Crippen LogP contribution in [0.1, 0.15) is 57.6 Å². The second-order valence-corrected chi connectivity index (χ2v) is 9.09. The van der Waals surface area contributed by atoms with Gasteiger partial charge in [-0.25, -0.2) is 9.48 Å². The quantitative estimate of drug-likeness (QED) is 0.727. The molecule has 1 saturated heterocycles. The molecular weight excluding hydrogens is 404 g/mol. The number of piperazine rings is 1. The first-order chi connectivity index (χ1) is 14.1. The maximum absolute atomic E-state index is 12.4. The molecule has 0 N–H and O–H groups in total. The number of amides is 1. The number of rotatable bonds is 4. The molecule has 3 rings (SSSR count). The fourth-order valence-corrected chi connectivity index (χ4v) is 3.79. The summed E-state index contributed by atoms with van der Waals surface area (Å²) in [7, 11) is 0. The lowest BCUT2D eigenvalue weighted by Crippen LogP contribution is -2.50. The van der Waals surface area contributed by atoms with Crippen molar-refractivity contribution in [3.63, 3.8) is 0 Å². The van der Waals surface area contributed by atoms with E-state index in [1.54, 1.807) is 4.90 Å². The van der Waals surface area contributed by atoms with Gasteiger partial charge >= 0.3 is 6.09 Å². The van der Waals surface area contributed by atoms with Gasteiger partial charge in [-0.05, 0) is 56.7 Å². The average Bonchev–Trinajstić information content (AvgIpc) is 3.17. The Kier molecular flexibility index (Phi) is 6.55. The van der Waals surface area contributed by atoms with Crippen molar-refractivity contribution < 1.29 is 9.53 Å². The van der Waals surface area contributed by atoms with E-state index >= 15 is 0 Å². The summed E-state index contributed by atoms with van der Waals surface area (Å²) in [6.45, 7) is 14.4. The van der Waals surface area contributed by atoms with E-state index in [-0.39, 0.29) is 12.1 Å². The van der Waals surface area contributed by atoms with Crippen molar-refractivity contribution >= 4 is 23.4 Å². The lowest BCUT2D eigenvalue weighted by Gasteiger charge is -2.38. The van der Waals surface area contributed by atoms with Gasteiger partial charge in [-0.15, -0.1) is 5.10 Å². The molecule has 1 atom stereocenters. The highest BCUT2D eigenvalue weighted by atomic mass is 35.5. The Morgan fingerprint density at radius 3 is 2.50 bits per heavy atom. The molecule has 0 spiro atoms. The van der Waals surface area contributed by atoms with Gasteiger partial charge in [0, 0.05) is 48.9 Å². The molecule has 0 bridgehead atoms. The van der Waals surface area contributed by atoms with Crippen LogP contribution in [0.5, 0.6) is 0 Å². The molecule has 0 aliphatic carbocycles. The van der Waals surface area contributed by atoms with Crippen LogP contribution in [0.4, 0.5) is 10.5 Å². The molecule has 0 saturated carbocycles. The Labute approximate surface area is 183 Å². The Bertz CT molecular complexity index is 899. The minimum absolute atomic E-state index is 0.0372. The minimum atomic E-state index is -0.496. The third kappa shape index (κ3) is 4.86. The van der Waals surface area contributed by atoms with Gasteiger partial charge in [-0.1, -0.05) is 24.6 Å². The highest BCUT2D eigenvalue weighted by molar-refractivity contribution is 6.31. The summed E-state index contributed by atoms with van der Waals surface area (Å²) in [4.78, 5) is 16.4. The van der Waals surface area contributed by atoms with Crippen LogP contribution in [0.25, 0.3) is 0 Å². The summed E-state index contributed by atoms with van der Waals surface area (Å²) in [5.74, 6) is 0.843. The van der Waals surface area contributed by atoms with E-state index < -0.39 is 5.60 Å². The summed E-state index contributed by atoms with van der Waals surface area (Å²) in [6, 6.07) is 4.09. The number of tetrazole rings is 1. The van der Waals surface area contributed by atoms with Crippen molar-refractivity contribution in [2.24, 2.45) is 0 Å². The predicted octanol–water partition coefficient (Wildman–Crippen LogP) is 3.86. The van der Waals surface area contributed by atoms with E-state index in [0.717, 1.165) is 34.1 Å². The SMILES string of the molecule is CCc1nnnn1C(C)c1cc(C)c(Cl)cc1N1CCN(C(=O)OC(C)(C)C)CC1. The van der Waals surface area contributed by atoms with Gasteiger partial charge in [0.05, 0.1) is 6.04 Å². The Balaban J connectivity index is 1.83. The number of aryl methyl sites for hydroxylation is 2. The summed E-state index contributed by atoms with van der Waals surface area (Å²) in [5.41, 5.74) is 2.69. The minimum Gasteiger partial charge on any atom is -0.444 e. The summed E-state index contributed by atoms with van der Waals surface area (Å²) in [6.07, 6.45) is 0.493. The number of halogens is 1. The lowest BCUT2D eigenvalue weighted by atomic mass is 10.0. The van der Waals surface area contributed by atoms with Crippen LogP contribution < -0.4 is 4.90 Å². The van der Waals surface area contributed by atoms with Crippen LogP contribution in [0.15, 0.2) is 12.1 Å². The third-order valence-electron chi connectivity index (χ3n) is 5.27. The van der Waals surface area contributed by atoms with E-state index in [1.165, 1.54) is 0 Å². The zero-order valence-electron chi connectivity index (χ0n) is 18.6. The average molecular weight is 435 g/mol. The fraction of sp³-hybridized carbons (Fsp3) is 0.619. The van der Waals surface area contributed by atoms with Crippen molar-refractivity contribution in [2.75, 3.05) is 31.1 Å². The molecule has 1 aromatic heterocycles. The molecule has 2 heterocycles. The van der Waals surface area contributed by atoms with Crippen molar-refractivity contribution in [1.82, 2.24) is 25.1 Å². The van der Waals surface area contributed by atoms with Crippen LogP contribution in [-0.4, -0.2) is 63.0 Å². The Morgan fingerprint density at radius 1 is 1.23 bits per heavy atom. The molecule has 1 aliphatic heterocycles. The summed E-state index contributed by atoms with van der Waals surface area (Å²) in [5, 5.41) is 12.9. The number of hydrogen-bond acceptors (Lipinski definition) is 6. The van der Waals surface area contributed by atoms with E-state index in [0.29, 0.717) is 26.2 Å². The van der Waals surface area contributed by atoms with E-state index in [9.17, 15) is 4.79 Å². The molecule has 1 aliphatic rings. The molecule has 30 heavy (non-hydrogen) atoms. The Hall–Kier alpha value is -2.35. The highest BCUT2D eigenvalue weighted by Gasteiger charge is 2.28. The maximum atomic E-state index is 12.4. The summed E-state index contributed by atoms with van der Waals surface area (Å²) >= 11 is 6.49. The monoisotopic (exact) mass is 434 g/mol. The topological polar surface area (TPSA) is 76.4 Å². The number of carbonyl (C=O) groups excluding carboxylic acids is 1. The van der Waals surface area contributed by atoms with Crippen molar-refractivity contribution in [3.05, 3.63) is 34.1 Å². The molecule has 0 radical (unpaired) electrons. The molecule has 9 heteroatoms. The molecule has 1 aromatic carbocycles. The van der Waals surface area contributed by atoms with Gasteiger partial charge in [0.15, 0.2) is 5.82 Å². The van der Waals surface area contributed by atoms with Crippen LogP contribution in [-0.2, 0) is 11.2 Å². The highest BCUT2D eigenvalue weighted by Crippen LogP contribution is 2.34. The third-order valence-corrected chi connectivity index (χ3v) is 5.68. The molecule has 1 fully saturated rings. The molecule has 1 amide bonds. The van der Waals surface area contributed by atoms with Gasteiger partial charge in [-0.3, -0.25) is 0 Å². The smallest absolute Gasteiger partial charge is 0.410 e. The number of carbonyl (C=O) groups is 1. The van der Waals surface area contributed by atoms with Crippen molar-refractivity contribution in [3.8, 4) is 0 Å². The Morgan fingerprint density at radius 2 is 1.90 bits per heavy atom.